The average molecular weight is 305 g/mol. The molecule has 2 atom stereocenters. The molecule has 2 N–H and O–H groups in total. The lowest BCUT2D eigenvalue weighted by Gasteiger charge is -2.29. The van der Waals surface area contributed by atoms with Gasteiger partial charge in [0.2, 0.25) is 5.91 Å². The summed E-state index contributed by atoms with van der Waals surface area (Å²) in [6.07, 6.45) is 1.62. The lowest BCUT2D eigenvalue weighted by atomic mass is 9.92. The van der Waals surface area contributed by atoms with Crippen molar-refractivity contribution < 1.29 is 14.6 Å². The third kappa shape index (κ3) is 3.80. The van der Waals surface area contributed by atoms with E-state index < -0.39 is 6.10 Å². The molecule has 0 radical (unpaired) electrons. The maximum absolute atomic E-state index is 12.1. The molecule has 1 aromatic rings. The molecular formula is C18H27NO3. The second kappa shape index (κ2) is 7.14. The van der Waals surface area contributed by atoms with Crippen molar-refractivity contribution in [3.8, 4) is 5.75 Å². The molecule has 4 nitrogen and oxygen atoms in total. The zero-order valence-electron chi connectivity index (χ0n) is 14.0. The summed E-state index contributed by atoms with van der Waals surface area (Å²) in [5.74, 6) is 1.30. The van der Waals surface area contributed by atoms with E-state index in [2.05, 4.69) is 12.2 Å². The third-order valence-electron chi connectivity index (χ3n) is 4.04. The van der Waals surface area contributed by atoms with Crippen LogP contribution in [0.1, 0.15) is 69.4 Å². The van der Waals surface area contributed by atoms with Gasteiger partial charge in [-0.05, 0) is 42.5 Å². The van der Waals surface area contributed by atoms with E-state index in [-0.39, 0.29) is 11.9 Å². The number of carbonyl (C=O) groups excluding carboxylic acids is 1. The molecule has 0 spiro atoms. The van der Waals surface area contributed by atoms with Crippen molar-refractivity contribution in [2.24, 2.45) is 5.92 Å². The fourth-order valence-corrected chi connectivity index (χ4v) is 2.89. The number of hydrogen-bond acceptors (Lipinski definition) is 3. The van der Waals surface area contributed by atoms with Crippen LogP contribution in [0.3, 0.4) is 0 Å². The SMILES string of the molecule is CCc1cc(C(C)O)cc2c1OCCC2NC(=O)CC(C)C. The first-order chi connectivity index (χ1) is 10.4. The van der Waals surface area contributed by atoms with E-state index in [1.165, 1.54) is 0 Å². The zero-order chi connectivity index (χ0) is 16.3. The van der Waals surface area contributed by atoms with Crippen LogP contribution in [0.25, 0.3) is 0 Å². The monoisotopic (exact) mass is 305 g/mol. The summed E-state index contributed by atoms with van der Waals surface area (Å²) in [7, 11) is 0. The van der Waals surface area contributed by atoms with Crippen molar-refractivity contribution in [3.05, 3.63) is 28.8 Å². The summed E-state index contributed by atoms with van der Waals surface area (Å²) >= 11 is 0. The highest BCUT2D eigenvalue weighted by Gasteiger charge is 2.26. The standard InChI is InChI=1S/C18H27NO3/c1-5-13-9-14(12(4)20)10-15-16(6-7-22-18(13)15)19-17(21)8-11(2)3/h9-12,16,20H,5-8H2,1-4H3,(H,19,21). The van der Waals surface area contributed by atoms with Crippen molar-refractivity contribution in [1.29, 1.82) is 0 Å². The molecule has 22 heavy (non-hydrogen) atoms. The van der Waals surface area contributed by atoms with Crippen LogP contribution in [0.5, 0.6) is 5.75 Å². The van der Waals surface area contributed by atoms with Crippen LogP contribution in [0.2, 0.25) is 0 Å². The van der Waals surface area contributed by atoms with Gasteiger partial charge in [-0.3, -0.25) is 4.79 Å². The first-order valence-electron chi connectivity index (χ1n) is 8.19. The number of amides is 1. The van der Waals surface area contributed by atoms with Crippen LogP contribution in [0.4, 0.5) is 0 Å². The zero-order valence-corrected chi connectivity index (χ0v) is 14.0. The summed E-state index contributed by atoms with van der Waals surface area (Å²) in [4.78, 5) is 12.1. The summed E-state index contributed by atoms with van der Waals surface area (Å²) in [5.41, 5.74) is 2.97. The maximum Gasteiger partial charge on any atom is 0.220 e. The van der Waals surface area contributed by atoms with Crippen LogP contribution in [0, 0.1) is 5.92 Å². The molecule has 2 rings (SSSR count). The number of aliphatic hydroxyl groups excluding tert-OH is 1. The predicted octanol–water partition coefficient (Wildman–Crippen LogP) is 3.29. The van der Waals surface area contributed by atoms with E-state index in [0.29, 0.717) is 18.9 Å². The number of rotatable bonds is 5. The number of carbonyl (C=O) groups is 1. The Kier molecular flexibility index (Phi) is 5.46. The van der Waals surface area contributed by atoms with Gasteiger partial charge in [-0.2, -0.15) is 0 Å². The normalized spacial score (nSPS) is 18.5. The van der Waals surface area contributed by atoms with Crippen molar-refractivity contribution in [2.75, 3.05) is 6.61 Å². The lowest BCUT2D eigenvalue weighted by molar-refractivity contribution is -0.122. The molecule has 1 aliphatic heterocycles. The van der Waals surface area contributed by atoms with Crippen molar-refractivity contribution in [1.82, 2.24) is 5.32 Å². The maximum atomic E-state index is 12.1. The molecule has 0 bridgehead atoms. The smallest absolute Gasteiger partial charge is 0.220 e. The molecule has 1 amide bonds. The summed E-state index contributed by atoms with van der Waals surface area (Å²) in [6.45, 7) is 8.53. The quantitative estimate of drug-likeness (QED) is 0.877. The fourth-order valence-electron chi connectivity index (χ4n) is 2.89. The molecule has 4 heteroatoms. The highest BCUT2D eigenvalue weighted by Crippen LogP contribution is 2.37. The number of aliphatic hydroxyl groups is 1. The molecule has 0 aromatic heterocycles. The Labute approximate surface area is 132 Å². The van der Waals surface area contributed by atoms with Gasteiger partial charge in [0.25, 0.3) is 0 Å². The molecule has 0 fully saturated rings. The fraction of sp³-hybridized carbons (Fsp3) is 0.611. The number of hydrogen-bond donors (Lipinski definition) is 2. The Bertz CT molecular complexity index is 537. The molecule has 0 aliphatic carbocycles. The summed E-state index contributed by atoms with van der Waals surface area (Å²) in [5, 5.41) is 13.0. The lowest BCUT2D eigenvalue weighted by Crippen LogP contribution is -2.33. The van der Waals surface area contributed by atoms with E-state index in [0.717, 1.165) is 35.3 Å². The van der Waals surface area contributed by atoms with Crippen molar-refractivity contribution >= 4 is 5.91 Å². The van der Waals surface area contributed by atoms with E-state index in [9.17, 15) is 9.90 Å². The van der Waals surface area contributed by atoms with Gasteiger partial charge in [-0.15, -0.1) is 0 Å². The Hall–Kier alpha value is -1.55. The topological polar surface area (TPSA) is 58.6 Å². The van der Waals surface area contributed by atoms with Gasteiger partial charge in [-0.25, -0.2) is 0 Å². The van der Waals surface area contributed by atoms with Crippen LogP contribution in [-0.4, -0.2) is 17.6 Å². The number of aryl methyl sites for hydroxylation is 1. The van der Waals surface area contributed by atoms with Crippen LogP contribution in [-0.2, 0) is 11.2 Å². The number of nitrogens with one attached hydrogen (secondary N) is 1. The first kappa shape index (κ1) is 16.8. The minimum atomic E-state index is -0.524. The minimum Gasteiger partial charge on any atom is -0.493 e. The molecule has 0 saturated carbocycles. The third-order valence-corrected chi connectivity index (χ3v) is 4.04. The Balaban J connectivity index is 2.31. The van der Waals surface area contributed by atoms with Crippen LogP contribution >= 0.6 is 0 Å². The molecular weight excluding hydrogens is 278 g/mol. The molecule has 1 aromatic carbocycles. The van der Waals surface area contributed by atoms with Crippen molar-refractivity contribution in [3.63, 3.8) is 0 Å². The number of fused-ring (bicyclic) bond motifs is 1. The molecule has 1 aliphatic rings. The molecule has 0 saturated heterocycles. The van der Waals surface area contributed by atoms with E-state index in [1.54, 1.807) is 6.92 Å². The highest BCUT2D eigenvalue weighted by molar-refractivity contribution is 5.76. The number of benzene rings is 1. The van der Waals surface area contributed by atoms with Gasteiger partial charge < -0.3 is 15.2 Å². The average Bonchev–Trinajstić information content (AvgIpc) is 2.45. The van der Waals surface area contributed by atoms with Gasteiger partial charge in [0.1, 0.15) is 5.75 Å². The Morgan fingerprint density at radius 1 is 1.41 bits per heavy atom. The van der Waals surface area contributed by atoms with E-state index >= 15 is 0 Å². The summed E-state index contributed by atoms with van der Waals surface area (Å²) < 4.78 is 5.84. The Morgan fingerprint density at radius 2 is 2.14 bits per heavy atom. The van der Waals surface area contributed by atoms with E-state index in [1.807, 2.05) is 26.0 Å². The predicted molar refractivity (Wildman–Crippen MR) is 86.9 cm³/mol. The first-order valence-corrected chi connectivity index (χ1v) is 8.19. The van der Waals surface area contributed by atoms with Crippen LogP contribution < -0.4 is 10.1 Å². The molecule has 2 unspecified atom stereocenters. The molecule has 122 valence electrons. The second-order valence-electron chi connectivity index (χ2n) is 6.48. The molecule has 1 heterocycles. The van der Waals surface area contributed by atoms with Gasteiger partial charge in [0.05, 0.1) is 18.8 Å². The van der Waals surface area contributed by atoms with Gasteiger partial charge in [0, 0.05) is 18.4 Å². The number of ether oxygens (including phenoxy) is 1. The van der Waals surface area contributed by atoms with Gasteiger partial charge >= 0.3 is 0 Å². The Morgan fingerprint density at radius 3 is 2.73 bits per heavy atom. The van der Waals surface area contributed by atoms with E-state index in [4.69, 9.17) is 4.74 Å². The van der Waals surface area contributed by atoms with Gasteiger partial charge in [-0.1, -0.05) is 20.8 Å². The summed E-state index contributed by atoms with van der Waals surface area (Å²) in [6, 6.07) is 3.94. The second-order valence-corrected chi connectivity index (χ2v) is 6.48. The highest BCUT2D eigenvalue weighted by atomic mass is 16.5. The van der Waals surface area contributed by atoms with Crippen LogP contribution in [0.15, 0.2) is 12.1 Å². The minimum absolute atomic E-state index is 0.0287. The van der Waals surface area contributed by atoms with Crippen molar-refractivity contribution in [2.45, 2.75) is 59.1 Å². The van der Waals surface area contributed by atoms with Gasteiger partial charge in [0.15, 0.2) is 0 Å². The largest absolute Gasteiger partial charge is 0.493 e.